The molecule has 92 valence electrons. The lowest BCUT2D eigenvalue weighted by Gasteiger charge is -2.31. The molecular formula is C12H21NO3. The fourth-order valence-electron chi connectivity index (χ4n) is 2.14. The number of rotatable bonds is 4. The SMILES string of the molecule is CCC(C)CC(=O)N1CCCC1(C)C(=O)O. The van der Waals surface area contributed by atoms with E-state index in [4.69, 9.17) is 0 Å². The van der Waals surface area contributed by atoms with Crippen LogP contribution in [0.1, 0.15) is 46.5 Å². The van der Waals surface area contributed by atoms with Gasteiger partial charge in [0.2, 0.25) is 5.91 Å². The summed E-state index contributed by atoms with van der Waals surface area (Å²) < 4.78 is 0. The fraction of sp³-hybridized carbons (Fsp3) is 0.833. The third-order valence-corrected chi connectivity index (χ3v) is 3.62. The van der Waals surface area contributed by atoms with E-state index < -0.39 is 11.5 Å². The van der Waals surface area contributed by atoms with Crippen LogP contribution in [0.15, 0.2) is 0 Å². The summed E-state index contributed by atoms with van der Waals surface area (Å²) in [5, 5.41) is 9.19. The normalized spacial score (nSPS) is 26.8. The molecule has 2 unspecified atom stereocenters. The summed E-state index contributed by atoms with van der Waals surface area (Å²) in [7, 11) is 0. The highest BCUT2D eigenvalue weighted by Crippen LogP contribution is 2.30. The van der Waals surface area contributed by atoms with Crippen molar-refractivity contribution >= 4 is 11.9 Å². The van der Waals surface area contributed by atoms with Crippen LogP contribution in [0.3, 0.4) is 0 Å². The second kappa shape index (κ2) is 4.85. The smallest absolute Gasteiger partial charge is 0.329 e. The van der Waals surface area contributed by atoms with E-state index in [1.54, 1.807) is 11.8 Å². The Balaban J connectivity index is 2.72. The van der Waals surface area contributed by atoms with E-state index in [2.05, 4.69) is 0 Å². The second-order valence-corrected chi connectivity index (χ2v) is 4.95. The van der Waals surface area contributed by atoms with Crippen molar-refractivity contribution in [1.29, 1.82) is 0 Å². The first-order valence-electron chi connectivity index (χ1n) is 5.95. The van der Waals surface area contributed by atoms with Crippen LogP contribution < -0.4 is 0 Å². The molecule has 1 aliphatic rings. The van der Waals surface area contributed by atoms with Gasteiger partial charge in [0.1, 0.15) is 5.54 Å². The molecular weight excluding hydrogens is 206 g/mol. The van der Waals surface area contributed by atoms with Gasteiger partial charge < -0.3 is 10.0 Å². The number of carbonyl (C=O) groups excluding carboxylic acids is 1. The number of amides is 1. The minimum absolute atomic E-state index is 0.0169. The van der Waals surface area contributed by atoms with E-state index in [1.807, 2.05) is 13.8 Å². The van der Waals surface area contributed by atoms with Gasteiger partial charge in [0.15, 0.2) is 0 Å². The number of hydrogen-bond donors (Lipinski definition) is 1. The van der Waals surface area contributed by atoms with Crippen molar-refractivity contribution in [3.8, 4) is 0 Å². The van der Waals surface area contributed by atoms with Gasteiger partial charge in [-0.15, -0.1) is 0 Å². The predicted octanol–water partition coefficient (Wildman–Crippen LogP) is 1.89. The number of hydrogen-bond acceptors (Lipinski definition) is 2. The van der Waals surface area contributed by atoms with E-state index in [-0.39, 0.29) is 5.91 Å². The van der Waals surface area contributed by atoms with Crippen molar-refractivity contribution in [3.05, 3.63) is 0 Å². The molecule has 0 saturated carbocycles. The molecule has 1 amide bonds. The maximum absolute atomic E-state index is 12.0. The van der Waals surface area contributed by atoms with Crippen LogP contribution in [0.2, 0.25) is 0 Å². The van der Waals surface area contributed by atoms with Crippen molar-refractivity contribution in [2.75, 3.05) is 6.54 Å². The van der Waals surface area contributed by atoms with Crippen molar-refractivity contribution in [2.45, 2.75) is 52.0 Å². The van der Waals surface area contributed by atoms with Crippen LogP contribution in [-0.4, -0.2) is 34.0 Å². The molecule has 0 spiro atoms. The summed E-state index contributed by atoms with van der Waals surface area (Å²) >= 11 is 0. The predicted molar refractivity (Wildman–Crippen MR) is 61.1 cm³/mol. The van der Waals surface area contributed by atoms with Gasteiger partial charge in [-0.2, -0.15) is 0 Å². The molecule has 1 aliphatic heterocycles. The van der Waals surface area contributed by atoms with Crippen molar-refractivity contribution in [2.24, 2.45) is 5.92 Å². The van der Waals surface area contributed by atoms with Crippen LogP contribution in [0.4, 0.5) is 0 Å². The number of aliphatic carboxylic acids is 1. The zero-order valence-corrected chi connectivity index (χ0v) is 10.3. The van der Waals surface area contributed by atoms with E-state index in [9.17, 15) is 14.7 Å². The maximum Gasteiger partial charge on any atom is 0.329 e. The monoisotopic (exact) mass is 227 g/mol. The first-order valence-corrected chi connectivity index (χ1v) is 5.95. The molecule has 2 atom stereocenters. The van der Waals surface area contributed by atoms with Gasteiger partial charge in [-0.1, -0.05) is 20.3 Å². The average molecular weight is 227 g/mol. The number of carboxylic acids is 1. The largest absolute Gasteiger partial charge is 0.480 e. The molecule has 1 N–H and O–H groups in total. The molecule has 0 bridgehead atoms. The molecule has 1 rings (SSSR count). The van der Waals surface area contributed by atoms with Gasteiger partial charge in [-0.3, -0.25) is 4.79 Å². The number of carboxylic acid groups (broad SMARTS) is 1. The minimum atomic E-state index is -0.982. The fourth-order valence-corrected chi connectivity index (χ4v) is 2.14. The summed E-state index contributed by atoms with van der Waals surface area (Å²) in [5.41, 5.74) is -0.982. The Morgan fingerprint density at radius 3 is 2.62 bits per heavy atom. The number of carbonyl (C=O) groups is 2. The molecule has 0 aromatic rings. The zero-order valence-electron chi connectivity index (χ0n) is 10.3. The lowest BCUT2D eigenvalue weighted by Crippen LogP contribution is -2.51. The zero-order chi connectivity index (χ0) is 12.3. The third kappa shape index (κ3) is 2.36. The van der Waals surface area contributed by atoms with Crippen molar-refractivity contribution in [3.63, 3.8) is 0 Å². The molecule has 1 fully saturated rings. The topological polar surface area (TPSA) is 57.6 Å². The average Bonchev–Trinajstić information content (AvgIpc) is 2.61. The van der Waals surface area contributed by atoms with Crippen LogP contribution in [-0.2, 0) is 9.59 Å². The molecule has 4 nitrogen and oxygen atoms in total. The Labute approximate surface area is 96.6 Å². The summed E-state index contributed by atoms with van der Waals surface area (Å²) in [6.45, 7) is 6.29. The summed E-state index contributed by atoms with van der Waals surface area (Å²) in [6.07, 6.45) is 2.76. The molecule has 1 saturated heterocycles. The molecule has 0 aromatic carbocycles. The lowest BCUT2D eigenvalue weighted by atomic mass is 9.97. The lowest BCUT2D eigenvalue weighted by molar-refractivity contribution is -0.155. The minimum Gasteiger partial charge on any atom is -0.480 e. The molecule has 0 aromatic heterocycles. The van der Waals surface area contributed by atoms with E-state index in [0.717, 1.165) is 12.8 Å². The Bertz CT molecular complexity index is 290. The molecule has 0 aliphatic carbocycles. The first-order chi connectivity index (χ1) is 7.41. The van der Waals surface area contributed by atoms with Crippen molar-refractivity contribution in [1.82, 2.24) is 4.90 Å². The summed E-state index contributed by atoms with van der Waals surface area (Å²) in [6, 6.07) is 0. The quantitative estimate of drug-likeness (QED) is 0.797. The Morgan fingerprint density at radius 1 is 1.50 bits per heavy atom. The van der Waals surface area contributed by atoms with E-state index in [0.29, 0.717) is 25.3 Å². The molecule has 1 heterocycles. The van der Waals surface area contributed by atoms with Gasteiger partial charge in [-0.05, 0) is 25.7 Å². The maximum atomic E-state index is 12.0. The third-order valence-electron chi connectivity index (χ3n) is 3.62. The number of likely N-dealkylation sites (tertiary alicyclic amines) is 1. The van der Waals surface area contributed by atoms with Crippen LogP contribution in [0, 0.1) is 5.92 Å². The van der Waals surface area contributed by atoms with Crippen LogP contribution in [0.5, 0.6) is 0 Å². The highest BCUT2D eigenvalue weighted by molar-refractivity contribution is 5.87. The molecule has 4 heteroatoms. The van der Waals surface area contributed by atoms with Crippen LogP contribution in [0.25, 0.3) is 0 Å². The Hall–Kier alpha value is -1.06. The number of nitrogens with zero attached hydrogens (tertiary/aromatic N) is 1. The van der Waals surface area contributed by atoms with Gasteiger partial charge >= 0.3 is 5.97 Å². The Morgan fingerprint density at radius 2 is 2.12 bits per heavy atom. The van der Waals surface area contributed by atoms with Gasteiger partial charge in [0.25, 0.3) is 0 Å². The van der Waals surface area contributed by atoms with Gasteiger partial charge in [0, 0.05) is 13.0 Å². The molecule has 16 heavy (non-hydrogen) atoms. The summed E-state index contributed by atoms with van der Waals surface area (Å²) in [4.78, 5) is 24.7. The first kappa shape index (κ1) is 13.0. The van der Waals surface area contributed by atoms with Crippen LogP contribution >= 0.6 is 0 Å². The highest BCUT2D eigenvalue weighted by Gasteiger charge is 2.45. The standard InChI is InChI=1S/C12H21NO3/c1-4-9(2)8-10(14)13-7-5-6-12(13,3)11(15)16/h9H,4-8H2,1-3H3,(H,15,16). The van der Waals surface area contributed by atoms with Crippen molar-refractivity contribution < 1.29 is 14.7 Å². The van der Waals surface area contributed by atoms with Gasteiger partial charge in [-0.25, -0.2) is 4.79 Å². The van der Waals surface area contributed by atoms with E-state index in [1.165, 1.54) is 0 Å². The highest BCUT2D eigenvalue weighted by atomic mass is 16.4. The van der Waals surface area contributed by atoms with Gasteiger partial charge in [0.05, 0.1) is 0 Å². The second-order valence-electron chi connectivity index (χ2n) is 4.95. The Kier molecular flexibility index (Phi) is 3.94. The molecule has 0 radical (unpaired) electrons. The summed E-state index contributed by atoms with van der Waals surface area (Å²) in [5.74, 6) is -0.578. The van der Waals surface area contributed by atoms with E-state index >= 15 is 0 Å².